The Kier molecular flexibility index (Phi) is 3.95. The van der Waals surface area contributed by atoms with Crippen LogP contribution in [0.2, 0.25) is 0 Å². The van der Waals surface area contributed by atoms with Crippen LogP contribution in [0.5, 0.6) is 0 Å². The lowest BCUT2D eigenvalue weighted by atomic mass is 10.1. The lowest BCUT2D eigenvalue weighted by molar-refractivity contribution is -0.135. The van der Waals surface area contributed by atoms with Crippen molar-refractivity contribution in [1.82, 2.24) is 9.97 Å². The van der Waals surface area contributed by atoms with Gasteiger partial charge in [0.25, 0.3) is 0 Å². The maximum Gasteiger partial charge on any atom is 0.371 e. The van der Waals surface area contributed by atoms with Crippen LogP contribution in [0.4, 0.5) is 0 Å². The predicted molar refractivity (Wildman–Crippen MR) is 70.5 cm³/mol. The zero-order valence-corrected chi connectivity index (χ0v) is 10.4. The van der Waals surface area contributed by atoms with E-state index in [0.717, 1.165) is 5.69 Å². The first-order chi connectivity index (χ1) is 9.58. The van der Waals surface area contributed by atoms with E-state index in [1.165, 1.54) is 6.07 Å². The molecular formula is C14H12N2O4. The van der Waals surface area contributed by atoms with Crippen molar-refractivity contribution in [2.24, 2.45) is 0 Å². The van der Waals surface area contributed by atoms with Gasteiger partial charge in [0.05, 0.1) is 0 Å². The van der Waals surface area contributed by atoms with E-state index in [4.69, 9.17) is 10.2 Å². The molecule has 0 bridgehead atoms. The van der Waals surface area contributed by atoms with Crippen molar-refractivity contribution in [3.8, 4) is 0 Å². The van der Waals surface area contributed by atoms with E-state index in [-0.39, 0.29) is 0 Å². The lowest BCUT2D eigenvalue weighted by Crippen LogP contribution is -2.05. The molecule has 0 atom stereocenters. The summed E-state index contributed by atoms with van der Waals surface area (Å²) in [6.07, 6.45) is 4.33. The van der Waals surface area contributed by atoms with Gasteiger partial charge in [-0.1, -0.05) is 6.07 Å². The van der Waals surface area contributed by atoms with Gasteiger partial charge in [0.1, 0.15) is 0 Å². The molecule has 2 aromatic heterocycles. The molecule has 2 heterocycles. The quantitative estimate of drug-likeness (QED) is 0.436. The molecule has 6 nitrogen and oxygen atoms in total. The largest absolute Gasteiger partial charge is 0.502 e. The van der Waals surface area contributed by atoms with Crippen molar-refractivity contribution in [3.05, 3.63) is 65.4 Å². The van der Waals surface area contributed by atoms with Gasteiger partial charge in [0, 0.05) is 41.8 Å². The van der Waals surface area contributed by atoms with Crippen LogP contribution in [0.25, 0.3) is 0 Å². The SMILES string of the molecule is O=C(O)C(O)=CC(=O)c1cc[nH]c1Cc1ccccn1. The molecule has 0 aliphatic rings. The smallest absolute Gasteiger partial charge is 0.371 e. The molecule has 2 rings (SSSR count). The Morgan fingerprint density at radius 1 is 1.25 bits per heavy atom. The highest BCUT2D eigenvalue weighted by atomic mass is 16.4. The van der Waals surface area contributed by atoms with Crippen molar-refractivity contribution in [1.29, 1.82) is 0 Å². The third-order valence-electron chi connectivity index (χ3n) is 2.67. The molecule has 0 radical (unpaired) electrons. The third-order valence-corrected chi connectivity index (χ3v) is 2.67. The van der Waals surface area contributed by atoms with Gasteiger partial charge in [-0.3, -0.25) is 9.78 Å². The third kappa shape index (κ3) is 3.11. The highest BCUT2D eigenvalue weighted by Gasteiger charge is 2.14. The number of carbonyl (C=O) groups is 2. The molecule has 20 heavy (non-hydrogen) atoms. The number of pyridine rings is 1. The molecular weight excluding hydrogens is 260 g/mol. The minimum Gasteiger partial charge on any atom is -0.502 e. The van der Waals surface area contributed by atoms with Gasteiger partial charge in [-0.25, -0.2) is 4.79 Å². The van der Waals surface area contributed by atoms with Crippen LogP contribution in [-0.2, 0) is 11.2 Å². The summed E-state index contributed by atoms with van der Waals surface area (Å²) in [5.74, 6) is -3.10. The number of carboxylic acids is 1. The molecule has 0 amide bonds. The minimum atomic E-state index is -1.54. The standard InChI is InChI=1S/C14H12N2O4/c17-12(8-13(18)14(19)20)10-4-6-16-11(10)7-9-3-1-2-5-15-9/h1-6,8,16,18H,7H2,(H,19,20). The summed E-state index contributed by atoms with van der Waals surface area (Å²) in [6.45, 7) is 0. The molecule has 0 fully saturated rings. The highest BCUT2D eigenvalue weighted by molar-refractivity contribution is 6.08. The van der Waals surface area contributed by atoms with Crippen LogP contribution in [-0.4, -0.2) is 31.9 Å². The second kappa shape index (κ2) is 5.83. The second-order valence-corrected chi connectivity index (χ2v) is 4.07. The molecule has 0 aliphatic carbocycles. The Bertz CT molecular complexity index is 659. The molecule has 2 aromatic rings. The van der Waals surface area contributed by atoms with Crippen molar-refractivity contribution < 1.29 is 19.8 Å². The number of aromatic amines is 1. The predicted octanol–water partition coefficient (Wildman–Crippen LogP) is 1.71. The Morgan fingerprint density at radius 2 is 2.05 bits per heavy atom. The first kappa shape index (κ1) is 13.5. The van der Waals surface area contributed by atoms with E-state index >= 15 is 0 Å². The summed E-state index contributed by atoms with van der Waals surface area (Å²) in [5.41, 5.74) is 1.70. The van der Waals surface area contributed by atoms with Crippen molar-refractivity contribution in [2.45, 2.75) is 6.42 Å². The van der Waals surface area contributed by atoms with E-state index in [2.05, 4.69) is 9.97 Å². The van der Waals surface area contributed by atoms with Crippen LogP contribution in [0.1, 0.15) is 21.7 Å². The number of aliphatic hydroxyl groups excluding tert-OH is 1. The Labute approximate surface area is 114 Å². The number of rotatable bonds is 5. The maximum atomic E-state index is 11.9. The zero-order valence-electron chi connectivity index (χ0n) is 10.4. The van der Waals surface area contributed by atoms with Crippen molar-refractivity contribution in [3.63, 3.8) is 0 Å². The van der Waals surface area contributed by atoms with Crippen LogP contribution >= 0.6 is 0 Å². The molecule has 3 N–H and O–H groups in total. The summed E-state index contributed by atoms with van der Waals surface area (Å²) in [4.78, 5) is 29.5. The van der Waals surface area contributed by atoms with Gasteiger partial charge in [0.2, 0.25) is 5.76 Å². The molecule has 0 saturated heterocycles. The summed E-state index contributed by atoms with van der Waals surface area (Å²) in [5, 5.41) is 17.6. The molecule has 0 aliphatic heterocycles. The van der Waals surface area contributed by atoms with E-state index in [0.29, 0.717) is 23.8 Å². The number of hydrogen-bond acceptors (Lipinski definition) is 4. The van der Waals surface area contributed by atoms with Gasteiger partial charge in [-0.15, -0.1) is 0 Å². The molecule has 0 spiro atoms. The number of aliphatic carboxylic acids is 1. The number of nitrogens with zero attached hydrogens (tertiary/aromatic N) is 1. The number of carboxylic acid groups (broad SMARTS) is 1. The number of aromatic nitrogens is 2. The molecule has 0 aromatic carbocycles. The van der Waals surface area contributed by atoms with Gasteiger partial charge >= 0.3 is 5.97 Å². The van der Waals surface area contributed by atoms with E-state index < -0.39 is 17.5 Å². The Morgan fingerprint density at radius 3 is 2.70 bits per heavy atom. The van der Waals surface area contributed by atoms with Crippen molar-refractivity contribution in [2.75, 3.05) is 0 Å². The number of nitrogens with one attached hydrogen (secondary N) is 1. The number of H-pyrrole nitrogens is 1. The molecule has 0 saturated carbocycles. The van der Waals surface area contributed by atoms with Gasteiger partial charge < -0.3 is 15.2 Å². The van der Waals surface area contributed by atoms with Crippen LogP contribution in [0, 0.1) is 0 Å². The first-order valence-corrected chi connectivity index (χ1v) is 5.82. The van der Waals surface area contributed by atoms with E-state index in [9.17, 15) is 9.59 Å². The van der Waals surface area contributed by atoms with Crippen LogP contribution in [0.15, 0.2) is 48.5 Å². The van der Waals surface area contributed by atoms with E-state index in [1.54, 1.807) is 18.5 Å². The second-order valence-electron chi connectivity index (χ2n) is 4.07. The number of aliphatic hydroxyl groups is 1. The number of carbonyl (C=O) groups excluding carboxylic acids is 1. The minimum absolute atomic E-state index is 0.309. The summed E-state index contributed by atoms with van der Waals surface area (Å²) in [7, 11) is 0. The molecule has 0 unspecified atom stereocenters. The Hall–Kier alpha value is -2.89. The molecule has 6 heteroatoms. The summed E-state index contributed by atoms with van der Waals surface area (Å²) >= 11 is 0. The van der Waals surface area contributed by atoms with Crippen LogP contribution in [0.3, 0.4) is 0 Å². The monoisotopic (exact) mass is 272 g/mol. The van der Waals surface area contributed by atoms with Gasteiger partial charge in [-0.2, -0.15) is 0 Å². The number of ketones is 1. The van der Waals surface area contributed by atoms with Crippen LogP contribution < -0.4 is 0 Å². The van der Waals surface area contributed by atoms with E-state index in [1.807, 2.05) is 12.1 Å². The topological polar surface area (TPSA) is 103 Å². The van der Waals surface area contributed by atoms with Gasteiger partial charge in [0.15, 0.2) is 5.78 Å². The Balaban J connectivity index is 2.23. The first-order valence-electron chi connectivity index (χ1n) is 5.82. The maximum absolute atomic E-state index is 11.9. The highest BCUT2D eigenvalue weighted by Crippen LogP contribution is 2.13. The average molecular weight is 272 g/mol. The normalized spacial score (nSPS) is 11.3. The fourth-order valence-corrected chi connectivity index (χ4v) is 1.73. The average Bonchev–Trinajstić information content (AvgIpc) is 2.88. The summed E-state index contributed by atoms with van der Waals surface area (Å²) in [6, 6.07) is 6.98. The lowest BCUT2D eigenvalue weighted by Gasteiger charge is -2.01. The fourth-order valence-electron chi connectivity index (χ4n) is 1.73. The van der Waals surface area contributed by atoms with Crippen molar-refractivity contribution >= 4 is 11.8 Å². The molecule has 102 valence electrons. The van der Waals surface area contributed by atoms with Gasteiger partial charge in [-0.05, 0) is 18.2 Å². The summed E-state index contributed by atoms with van der Waals surface area (Å²) < 4.78 is 0. The number of hydrogen-bond donors (Lipinski definition) is 3. The number of allylic oxidation sites excluding steroid dienone is 1. The fraction of sp³-hybridized carbons (Fsp3) is 0.0714. The zero-order chi connectivity index (χ0) is 14.5.